The maximum Gasteiger partial charge on any atom is 0.134 e. The molecule has 21 heavy (non-hydrogen) atoms. The summed E-state index contributed by atoms with van der Waals surface area (Å²) in [6, 6.07) is 0. The molecule has 1 rings (SSSR count). The van der Waals surface area contributed by atoms with Crippen molar-refractivity contribution in [2.24, 2.45) is 5.41 Å². The van der Waals surface area contributed by atoms with Crippen molar-refractivity contribution >= 4 is 11.6 Å². The molecule has 0 radical (unpaired) electrons. The summed E-state index contributed by atoms with van der Waals surface area (Å²) in [4.78, 5) is 8.76. The van der Waals surface area contributed by atoms with Gasteiger partial charge in [0.2, 0.25) is 0 Å². The van der Waals surface area contributed by atoms with Gasteiger partial charge in [-0.05, 0) is 18.3 Å². The third-order valence-corrected chi connectivity index (χ3v) is 3.87. The summed E-state index contributed by atoms with van der Waals surface area (Å²) in [6.07, 6.45) is 8.88. The maximum atomic E-state index is 4.44. The fourth-order valence-corrected chi connectivity index (χ4v) is 2.53. The third-order valence-electron chi connectivity index (χ3n) is 3.87. The van der Waals surface area contributed by atoms with Crippen molar-refractivity contribution in [1.82, 2.24) is 9.97 Å². The van der Waals surface area contributed by atoms with Gasteiger partial charge in [0.05, 0.1) is 0 Å². The Kier molecular flexibility index (Phi) is 7.48. The standard InChI is InChI=1S/C17H32N4/c1-6-8-9-11-17(3,4)12-19-16-14(10-7-2)15(18-5)20-13-21-16/h13H,6-12H2,1-5H3,(H2,18,19,20,21). The molecule has 0 spiro atoms. The quantitative estimate of drug-likeness (QED) is 0.624. The highest BCUT2D eigenvalue weighted by molar-refractivity contribution is 5.57. The smallest absolute Gasteiger partial charge is 0.134 e. The lowest BCUT2D eigenvalue weighted by Gasteiger charge is -2.26. The van der Waals surface area contributed by atoms with Crippen molar-refractivity contribution in [3.63, 3.8) is 0 Å². The van der Waals surface area contributed by atoms with Crippen LogP contribution >= 0.6 is 0 Å². The normalized spacial score (nSPS) is 11.5. The van der Waals surface area contributed by atoms with Crippen molar-refractivity contribution in [2.75, 3.05) is 24.2 Å². The molecular formula is C17H32N4. The predicted octanol–water partition coefficient (Wildman–Crippen LogP) is 4.49. The SMILES string of the molecule is CCCCCC(C)(C)CNc1ncnc(NC)c1CCC. The molecule has 0 atom stereocenters. The van der Waals surface area contributed by atoms with E-state index >= 15 is 0 Å². The maximum absolute atomic E-state index is 4.44. The van der Waals surface area contributed by atoms with Gasteiger partial charge in [-0.15, -0.1) is 0 Å². The molecule has 4 heteroatoms. The molecule has 0 amide bonds. The molecule has 2 N–H and O–H groups in total. The Hall–Kier alpha value is -1.32. The second-order valence-electron chi connectivity index (χ2n) is 6.52. The van der Waals surface area contributed by atoms with Gasteiger partial charge in [-0.1, -0.05) is 53.4 Å². The number of nitrogens with zero attached hydrogens (tertiary/aromatic N) is 2. The highest BCUT2D eigenvalue weighted by Gasteiger charge is 2.18. The minimum Gasteiger partial charge on any atom is -0.373 e. The second-order valence-corrected chi connectivity index (χ2v) is 6.52. The van der Waals surface area contributed by atoms with Gasteiger partial charge >= 0.3 is 0 Å². The van der Waals surface area contributed by atoms with Crippen LogP contribution in [0.2, 0.25) is 0 Å². The minimum atomic E-state index is 0.295. The Labute approximate surface area is 130 Å². The Morgan fingerprint density at radius 2 is 1.76 bits per heavy atom. The van der Waals surface area contributed by atoms with Gasteiger partial charge < -0.3 is 10.6 Å². The Balaban J connectivity index is 2.69. The summed E-state index contributed by atoms with van der Waals surface area (Å²) in [5.74, 6) is 1.93. The molecule has 1 aromatic rings. The van der Waals surface area contributed by atoms with Gasteiger partial charge in [0.15, 0.2) is 0 Å². The van der Waals surface area contributed by atoms with Crippen LogP contribution < -0.4 is 10.6 Å². The van der Waals surface area contributed by atoms with Crippen LogP contribution in [0.3, 0.4) is 0 Å². The Morgan fingerprint density at radius 3 is 2.38 bits per heavy atom. The van der Waals surface area contributed by atoms with E-state index < -0.39 is 0 Å². The third kappa shape index (κ3) is 5.90. The number of hydrogen-bond acceptors (Lipinski definition) is 4. The molecular weight excluding hydrogens is 260 g/mol. The van der Waals surface area contributed by atoms with E-state index in [4.69, 9.17) is 0 Å². The topological polar surface area (TPSA) is 49.8 Å². The molecule has 0 aliphatic rings. The average molecular weight is 292 g/mol. The van der Waals surface area contributed by atoms with E-state index in [9.17, 15) is 0 Å². The summed E-state index contributed by atoms with van der Waals surface area (Å²) in [7, 11) is 1.92. The van der Waals surface area contributed by atoms with Crippen molar-refractivity contribution < 1.29 is 0 Å². The van der Waals surface area contributed by atoms with E-state index in [0.29, 0.717) is 5.41 Å². The van der Waals surface area contributed by atoms with Gasteiger partial charge in [0.1, 0.15) is 18.0 Å². The fraction of sp³-hybridized carbons (Fsp3) is 0.765. The molecule has 0 unspecified atom stereocenters. The molecule has 0 aromatic carbocycles. The van der Waals surface area contributed by atoms with Crippen LogP contribution in [0.15, 0.2) is 6.33 Å². The summed E-state index contributed by atoms with van der Waals surface area (Å²) in [6.45, 7) is 10.0. The monoisotopic (exact) mass is 292 g/mol. The first kappa shape index (κ1) is 17.7. The molecule has 0 saturated heterocycles. The molecule has 1 heterocycles. The van der Waals surface area contributed by atoms with E-state index in [1.165, 1.54) is 31.2 Å². The summed E-state index contributed by atoms with van der Waals surface area (Å²) < 4.78 is 0. The molecule has 0 saturated carbocycles. The van der Waals surface area contributed by atoms with Crippen LogP contribution in [0, 0.1) is 5.41 Å². The van der Waals surface area contributed by atoms with Gasteiger partial charge in [0, 0.05) is 19.2 Å². The number of anilines is 2. The lowest BCUT2D eigenvalue weighted by molar-refractivity contribution is 0.342. The first-order chi connectivity index (χ1) is 10.0. The van der Waals surface area contributed by atoms with E-state index in [1.807, 2.05) is 7.05 Å². The number of rotatable bonds is 10. The zero-order valence-electron chi connectivity index (χ0n) is 14.4. The average Bonchev–Trinajstić information content (AvgIpc) is 2.46. The van der Waals surface area contributed by atoms with Gasteiger partial charge in [-0.2, -0.15) is 0 Å². The zero-order valence-corrected chi connectivity index (χ0v) is 14.4. The number of unbranched alkanes of at least 4 members (excludes halogenated alkanes) is 2. The Morgan fingerprint density at radius 1 is 1.05 bits per heavy atom. The van der Waals surface area contributed by atoms with E-state index in [1.54, 1.807) is 6.33 Å². The van der Waals surface area contributed by atoms with Crippen LogP contribution in [-0.4, -0.2) is 23.6 Å². The first-order valence-electron chi connectivity index (χ1n) is 8.29. The molecule has 120 valence electrons. The molecule has 0 fully saturated rings. The van der Waals surface area contributed by atoms with Crippen LogP contribution in [0.5, 0.6) is 0 Å². The number of nitrogens with one attached hydrogen (secondary N) is 2. The summed E-state index contributed by atoms with van der Waals surface area (Å²) >= 11 is 0. The van der Waals surface area contributed by atoms with E-state index in [-0.39, 0.29) is 0 Å². The van der Waals surface area contributed by atoms with Gasteiger partial charge in [0.25, 0.3) is 0 Å². The van der Waals surface area contributed by atoms with Gasteiger partial charge in [-0.3, -0.25) is 0 Å². The van der Waals surface area contributed by atoms with E-state index in [2.05, 4.69) is 48.3 Å². The zero-order chi connectivity index (χ0) is 15.7. The van der Waals surface area contributed by atoms with Gasteiger partial charge in [-0.25, -0.2) is 9.97 Å². The predicted molar refractivity (Wildman–Crippen MR) is 92.0 cm³/mol. The lowest BCUT2D eigenvalue weighted by atomic mass is 9.87. The summed E-state index contributed by atoms with van der Waals surface area (Å²) in [5.41, 5.74) is 1.50. The van der Waals surface area contributed by atoms with Crippen molar-refractivity contribution in [2.45, 2.75) is 66.2 Å². The highest BCUT2D eigenvalue weighted by Crippen LogP contribution is 2.26. The lowest BCUT2D eigenvalue weighted by Crippen LogP contribution is -2.24. The van der Waals surface area contributed by atoms with Crippen LogP contribution in [0.4, 0.5) is 11.6 Å². The summed E-state index contributed by atoms with van der Waals surface area (Å²) in [5, 5.41) is 6.72. The first-order valence-corrected chi connectivity index (χ1v) is 8.29. The number of aromatic nitrogens is 2. The van der Waals surface area contributed by atoms with Crippen molar-refractivity contribution in [3.05, 3.63) is 11.9 Å². The molecule has 0 bridgehead atoms. The van der Waals surface area contributed by atoms with Crippen LogP contribution in [0.25, 0.3) is 0 Å². The molecule has 0 aliphatic heterocycles. The molecule has 4 nitrogen and oxygen atoms in total. The molecule has 0 aliphatic carbocycles. The highest BCUT2D eigenvalue weighted by atomic mass is 15.1. The largest absolute Gasteiger partial charge is 0.373 e. The van der Waals surface area contributed by atoms with Crippen molar-refractivity contribution in [1.29, 1.82) is 0 Å². The fourth-order valence-electron chi connectivity index (χ4n) is 2.53. The van der Waals surface area contributed by atoms with Crippen LogP contribution in [0.1, 0.15) is 65.4 Å². The minimum absolute atomic E-state index is 0.295. The van der Waals surface area contributed by atoms with Crippen LogP contribution in [-0.2, 0) is 6.42 Å². The Bertz CT molecular complexity index is 415. The van der Waals surface area contributed by atoms with Crippen molar-refractivity contribution in [3.8, 4) is 0 Å². The molecule has 1 aromatic heterocycles. The van der Waals surface area contributed by atoms with E-state index in [0.717, 1.165) is 31.0 Å². The number of hydrogen-bond donors (Lipinski definition) is 2. The second kappa shape index (κ2) is 8.85.